The van der Waals surface area contributed by atoms with Crippen molar-refractivity contribution in [2.24, 2.45) is 0 Å². The zero-order valence-corrected chi connectivity index (χ0v) is 7.86. The van der Waals surface area contributed by atoms with Crippen molar-refractivity contribution in [1.82, 2.24) is 0 Å². The van der Waals surface area contributed by atoms with Gasteiger partial charge in [-0.3, -0.25) is 0 Å². The first kappa shape index (κ1) is 9.30. The normalized spacial score (nSPS) is 25.4. The fraction of sp³-hybridized carbons (Fsp3) is 1.00. The summed E-state index contributed by atoms with van der Waals surface area (Å²) < 4.78 is 10.6. The molecule has 11 heavy (non-hydrogen) atoms. The molecule has 66 valence electrons. The number of ether oxygens (including phenoxy) is 2. The summed E-state index contributed by atoms with van der Waals surface area (Å²) in [5.74, 6) is -0.342. The van der Waals surface area contributed by atoms with Crippen LogP contribution in [0.3, 0.4) is 0 Å². The third kappa shape index (κ3) is 2.08. The van der Waals surface area contributed by atoms with Crippen LogP contribution in [0.4, 0.5) is 0 Å². The van der Waals surface area contributed by atoms with Crippen molar-refractivity contribution >= 4 is 11.6 Å². The fourth-order valence-electron chi connectivity index (χ4n) is 1.51. The number of halogens is 1. The lowest BCUT2D eigenvalue weighted by Crippen LogP contribution is -2.38. The van der Waals surface area contributed by atoms with Gasteiger partial charge in [0.25, 0.3) is 0 Å². The maximum absolute atomic E-state index is 5.95. The Morgan fingerprint density at radius 2 is 1.64 bits per heavy atom. The van der Waals surface area contributed by atoms with E-state index < -0.39 is 0 Å². The molecule has 1 aliphatic carbocycles. The predicted molar refractivity (Wildman–Crippen MR) is 44.9 cm³/mol. The maximum Gasteiger partial charge on any atom is 0.167 e. The first-order valence-corrected chi connectivity index (χ1v) is 4.40. The molecule has 0 aliphatic heterocycles. The summed E-state index contributed by atoms with van der Waals surface area (Å²) in [5, 5.41) is 0.313. The van der Waals surface area contributed by atoms with Gasteiger partial charge in [0.2, 0.25) is 0 Å². The zero-order chi connectivity index (χ0) is 8.32. The quantitative estimate of drug-likeness (QED) is 0.477. The van der Waals surface area contributed by atoms with E-state index in [9.17, 15) is 0 Å². The molecule has 0 aromatic heterocycles. The van der Waals surface area contributed by atoms with E-state index in [1.165, 1.54) is 0 Å². The highest BCUT2D eigenvalue weighted by atomic mass is 35.5. The number of methoxy groups -OCH3 is 2. The molecule has 1 rings (SSSR count). The van der Waals surface area contributed by atoms with Crippen molar-refractivity contribution in [2.75, 3.05) is 14.2 Å². The third-order valence-electron chi connectivity index (χ3n) is 2.42. The summed E-state index contributed by atoms with van der Waals surface area (Å²) >= 11 is 5.95. The van der Waals surface area contributed by atoms with Crippen molar-refractivity contribution in [3.05, 3.63) is 0 Å². The van der Waals surface area contributed by atoms with Crippen LogP contribution in [0.1, 0.15) is 25.7 Å². The molecule has 0 atom stereocenters. The summed E-state index contributed by atoms with van der Waals surface area (Å²) in [6.45, 7) is 0. The average molecular weight is 179 g/mol. The maximum atomic E-state index is 5.95. The van der Waals surface area contributed by atoms with Gasteiger partial charge < -0.3 is 9.47 Å². The Bertz CT molecular complexity index is 113. The second-order valence-corrected chi connectivity index (χ2v) is 3.61. The Labute approximate surface area is 72.8 Å². The first-order chi connectivity index (χ1) is 5.22. The average Bonchev–Trinajstić information content (AvgIpc) is 2.07. The van der Waals surface area contributed by atoms with Crippen LogP contribution in [0.25, 0.3) is 0 Å². The predicted octanol–water partition coefficient (Wildman–Crippen LogP) is 2.16. The Morgan fingerprint density at radius 1 is 1.18 bits per heavy atom. The minimum absolute atomic E-state index is 0.313. The molecule has 1 aliphatic rings. The SMILES string of the molecule is COC1(OC)CCC(Cl)CC1. The van der Waals surface area contributed by atoms with Crippen molar-refractivity contribution in [2.45, 2.75) is 36.8 Å². The van der Waals surface area contributed by atoms with Gasteiger partial charge in [-0.1, -0.05) is 0 Å². The smallest absolute Gasteiger partial charge is 0.167 e. The molecule has 2 nitrogen and oxygen atoms in total. The number of alkyl halides is 1. The molecule has 1 saturated carbocycles. The van der Waals surface area contributed by atoms with E-state index in [0.29, 0.717) is 5.38 Å². The number of rotatable bonds is 2. The standard InChI is InChI=1S/C8H15ClO2/c1-10-8(11-2)5-3-7(9)4-6-8/h7H,3-6H2,1-2H3. The van der Waals surface area contributed by atoms with Crippen LogP contribution >= 0.6 is 11.6 Å². The van der Waals surface area contributed by atoms with E-state index >= 15 is 0 Å². The summed E-state index contributed by atoms with van der Waals surface area (Å²) in [6, 6.07) is 0. The van der Waals surface area contributed by atoms with Gasteiger partial charge in [0, 0.05) is 32.4 Å². The fourth-order valence-corrected chi connectivity index (χ4v) is 1.73. The van der Waals surface area contributed by atoms with Crippen LogP contribution < -0.4 is 0 Å². The molecule has 0 saturated heterocycles. The Balaban J connectivity index is 2.45. The molecular formula is C8H15ClO2. The second kappa shape index (κ2) is 3.74. The molecule has 0 aromatic carbocycles. The van der Waals surface area contributed by atoms with E-state index in [1.807, 2.05) is 0 Å². The molecule has 3 heteroatoms. The summed E-state index contributed by atoms with van der Waals surface area (Å²) in [5.41, 5.74) is 0. The van der Waals surface area contributed by atoms with Crippen LogP contribution in [0.5, 0.6) is 0 Å². The first-order valence-electron chi connectivity index (χ1n) is 3.97. The highest BCUT2D eigenvalue weighted by Crippen LogP contribution is 2.33. The van der Waals surface area contributed by atoms with Gasteiger partial charge in [-0.15, -0.1) is 11.6 Å². The Hall–Kier alpha value is 0.210. The lowest BCUT2D eigenvalue weighted by molar-refractivity contribution is -0.222. The molecule has 0 amide bonds. The summed E-state index contributed by atoms with van der Waals surface area (Å²) in [6.07, 6.45) is 3.80. The van der Waals surface area contributed by atoms with Crippen LogP contribution in [-0.4, -0.2) is 25.4 Å². The molecule has 0 spiro atoms. The molecular weight excluding hydrogens is 164 g/mol. The van der Waals surface area contributed by atoms with Gasteiger partial charge in [-0.2, -0.15) is 0 Å². The van der Waals surface area contributed by atoms with Gasteiger partial charge in [0.1, 0.15) is 0 Å². The second-order valence-electron chi connectivity index (χ2n) is 2.99. The van der Waals surface area contributed by atoms with E-state index in [0.717, 1.165) is 25.7 Å². The van der Waals surface area contributed by atoms with E-state index in [1.54, 1.807) is 14.2 Å². The van der Waals surface area contributed by atoms with E-state index in [4.69, 9.17) is 21.1 Å². The van der Waals surface area contributed by atoms with Gasteiger partial charge >= 0.3 is 0 Å². The third-order valence-corrected chi connectivity index (χ3v) is 2.86. The van der Waals surface area contributed by atoms with E-state index in [-0.39, 0.29) is 5.79 Å². The van der Waals surface area contributed by atoms with Crippen LogP contribution in [-0.2, 0) is 9.47 Å². The Morgan fingerprint density at radius 3 is 2.00 bits per heavy atom. The minimum Gasteiger partial charge on any atom is -0.353 e. The molecule has 0 N–H and O–H groups in total. The topological polar surface area (TPSA) is 18.5 Å². The minimum atomic E-state index is -0.342. The number of hydrogen-bond donors (Lipinski definition) is 0. The Kier molecular flexibility index (Phi) is 3.16. The van der Waals surface area contributed by atoms with Crippen molar-refractivity contribution in [1.29, 1.82) is 0 Å². The van der Waals surface area contributed by atoms with Crippen LogP contribution in [0.15, 0.2) is 0 Å². The van der Waals surface area contributed by atoms with Crippen molar-refractivity contribution in [3.63, 3.8) is 0 Å². The molecule has 0 aromatic rings. The van der Waals surface area contributed by atoms with Crippen molar-refractivity contribution in [3.8, 4) is 0 Å². The van der Waals surface area contributed by atoms with E-state index in [2.05, 4.69) is 0 Å². The highest BCUT2D eigenvalue weighted by molar-refractivity contribution is 6.20. The van der Waals surface area contributed by atoms with Crippen molar-refractivity contribution < 1.29 is 9.47 Å². The zero-order valence-electron chi connectivity index (χ0n) is 7.10. The molecule has 0 heterocycles. The van der Waals surface area contributed by atoms with Gasteiger partial charge in [-0.25, -0.2) is 0 Å². The van der Waals surface area contributed by atoms with Gasteiger partial charge in [0.15, 0.2) is 5.79 Å². The number of hydrogen-bond acceptors (Lipinski definition) is 2. The van der Waals surface area contributed by atoms with Crippen LogP contribution in [0, 0.1) is 0 Å². The lowest BCUT2D eigenvalue weighted by Gasteiger charge is -2.35. The van der Waals surface area contributed by atoms with Crippen LogP contribution in [0.2, 0.25) is 0 Å². The summed E-state index contributed by atoms with van der Waals surface area (Å²) in [7, 11) is 3.39. The largest absolute Gasteiger partial charge is 0.353 e. The summed E-state index contributed by atoms with van der Waals surface area (Å²) in [4.78, 5) is 0. The molecule has 1 fully saturated rings. The van der Waals surface area contributed by atoms with Gasteiger partial charge in [0.05, 0.1) is 0 Å². The monoisotopic (exact) mass is 178 g/mol. The van der Waals surface area contributed by atoms with Gasteiger partial charge in [-0.05, 0) is 12.8 Å². The molecule has 0 unspecified atom stereocenters. The molecule has 0 bridgehead atoms. The lowest BCUT2D eigenvalue weighted by atomic mass is 9.94. The highest BCUT2D eigenvalue weighted by Gasteiger charge is 2.34. The molecule has 0 radical (unpaired) electrons.